The van der Waals surface area contributed by atoms with Gasteiger partial charge in [0.2, 0.25) is 5.95 Å². The highest BCUT2D eigenvalue weighted by molar-refractivity contribution is 5.95. The number of nitrogens with one attached hydrogen (secondary N) is 1. The second kappa shape index (κ2) is 8.73. The summed E-state index contributed by atoms with van der Waals surface area (Å²) in [6, 6.07) is 9.37. The lowest BCUT2D eigenvalue weighted by Crippen LogP contribution is -2.30. The fourth-order valence-corrected chi connectivity index (χ4v) is 2.94. The molecule has 28 heavy (non-hydrogen) atoms. The number of anilines is 2. The predicted octanol–water partition coefficient (Wildman–Crippen LogP) is 4.05. The van der Waals surface area contributed by atoms with Gasteiger partial charge in [-0.2, -0.15) is 4.98 Å². The highest BCUT2D eigenvalue weighted by atomic mass is 16.5. The lowest BCUT2D eigenvalue weighted by atomic mass is 10.1. The third-order valence-corrected chi connectivity index (χ3v) is 4.47. The van der Waals surface area contributed by atoms with E-state index in [1.165, 1.54) is 0 Å². The number of carbonyl (C=O) groups is 1. The Labute approximate surface area is 165 Å². The van der Waals surface area contributed by atoms with Gasteiger partial charge in [-0.3, -0.25) is 4.79 Å². The van der Waals surface area contributed by atoms with E-state index < -0.39 is 0 Å². The zero-order chi connectivity index (χ0) is 20.1. The number of pyridine rings is 1. The molecule has 0 unspecified atom stereocenters. The summed E-state index contributed by atoms with van der Waals surface area (Å²) in [5.41, 5.74) is 3.21. The Kier molecular flexibility index (Phi) is 6.13. The minimum Gasteiger partial charge on any atom is -0.491 e. The summed E-state index contributed by atoms with van der Waals surface area (Å²) in [4.78, 5) is 19.0. The largest absolute Gasteiger partial charge is 0.491 e. The molecule has 0 bridgehead atoms. The molecule has 3 aromatic rings. The van der Waals surface area contributed by atoms with Crippen molar-refractivity contribution in [3.05, 3.63) is 47.7 Å². The second-order valence-electron chi connectivity index (χ2n) is 6.61. The third kappa shape index (κ3) is 4.24. The van der Waals surface area contributed by atoms with Crippen molar-refractivity contribution in [2.24, 2.45) is 0 Å². The molecule has 0 atom stereocenters. The quantitative estimate of drug-likeness (QED) is 0.637. The summed E-state index contributed by atoms with van der Waals surface area (Å²) in [7, 11) is 0. The van der Waals surface area contributed by atoms with Gasteiger partial charge in [0.25, 0.3) is 5.91 Å². The van der Waals surface area contributed by atoms with E-state index in [9.17, 15) is 4.79 Å². The Bertz CT molecular complexity index is 963. The molecule has 148 valence electrons. The van der Waals surface area contributed by atoms with E-state index in [2.05, 4.69) is 15.4 Å². The van der Waals surface area contributed by atoms with Crippen molar-refractivity contribution in [3.8, 4) is 5.75 Å². The first-order chi connectivity index (χ1) is 13.5. The van der Waals surface area contributed by atoms with E-state index in [-0.39, 0.29) is 5.91 Å². The molecule has 0 fully saturated rings. The van der Waals surface area contributed by atoms with Crippen molar-refractivity contribution in [2.45, 2.75) is 34.1 Å². The molecule has 0 radical (unpaired) electrons. The van der Waals surface area contributed by atoms with E-state index in [0.717, 1.165) is 23.3 Å². The van der Waals surface area contributed by atoms with Gasteiger partial charge in [0.05, 0.1) is 12.3 Å². The maximum absolute atomic E-state index is 12.7. The standard InChI is InChI=1S/C21H27N5O2/c1-5-12-28-18-13-16(20(27)25(6-2)7-3)9-10-17(18)22-21-23-19-11-8-15(4)14-26(19)24-21/h8-11,13-14H,5-7,12H2,1-4H3,(H,22,24). The van der Waals surface area contributed by atoms with Crippen LogP contribution in [0.1, 0.15) is 43.1 Å². The van der Waals surface area contributed by atoms with Gasteiger partial charge >= 0.3 is 0 Å². The van der Waals surface area contributed by atoms with Gasteiger partial charge in [-0.15, -0.1) is 5.10 Å². The number of ether oxygens (including phenoxy) is 1. The number of hydrogen-bond acceptors (Lipinski definition) is 5. The lowest BCUT2D eigenvalue weighted by Gasteiger charge is -2.20. The van der Waals surface area contributed by atoms with Gasteiger partial charge in [-0.25, -0.2) is 4.52 Å². The SMILES string of the molecule is CCCOc1cc(C(=O)N(CC)CC)ccc1Nc1nc2ccc(C)cn2n1. The molecule has 0 aliphatic heterocycles. The molecular formula is C21H27N5O2. The number of carbonyl (C=O) groups excluding carboxylic acids is 1. The molecule has 1 N–H and O–H groups in total. The number of fused-ring (bicyclic) bond motifs is 1. The molecule has 1 amide bonds. The first kappa shape index (κ1) is 19.7. The summed E-state index contributed by atoms with van der Waals surface area (Å²) in [5.74, 6) is 1.10. The maximum atomic E-state index is 12.7. The fourth-order valence-electron chi connectivity index (χ4n) is 2.94. The molecule has 0 aliphatic rings. The van der Waals surface area contributed by atoms with Gasteiger partial charge < -0.3 is 15.0 Å². The summed E-state index contributed by atoms with van der Waals surface area (Å²) in [6.07, 6.45) is 2.80. The van der Waals surface area contributed by atoms with Gasteiger partial charge in [-0.1, -0.05) is 13.0 Å². The van der Waals surface area contributed by atoms with Crippen LogP contribution in [0.4, 0.5) is 11.6 Å². The lowest BCUT2D eigenvalue weighted by molar-refractivity contribution is 0.0772. The summed E-state index contributed by atoms with van der Waals surface area (Å²) < 4.78 is 7.63. The molecular weight excluding hydrogens is 354 g/mol. The molecule has 2 aromatic heterocycles. The molecule has 2 heterocycles. The van der Waals surface area contributed by atoms with E-state index in [1.54, 1.807) is 15.5 Å². The van der Waals surface area contributed by atoms with Crippen LogP contribution in [0.5, 0.6) is 5.75 Å². The maximum Gasteiger partial charge on any atom is 0.253 e. The van der Waals surface area contributed by atoms with Crippen LogP contribution in [0.25, 0.3) is 5.65 Å². The number of rotatable bonds is 8. The normalized spacial score (nSPS) is 10.9. The minimum atomic E-state index is -0.000714. The van der Waals surface area contributed by atoms with Gasteiger partial charge in [0.1, 0.15) is 5.75 Å². The van der Waals surface area contributed by atoms with Crippen LogP contribution in [0, 0.1) is 6.92 Å². The van der Waals surface area contributed by atoms with Gasteiger partial charge in [0, 0.05) is 24.8 Å². The van der Waals surface area contributed by atoms with E-state index in [4.69, 9.17) is 4.74 Å². The molecule has 0 spiro atoms. The highest BCUT2D eigenvalue weighted by Gasteiger charge is 2.16. The van der Waals surface area contributed by atoms with Gasteiger partial charge in [-0.05, 0) is 57.0 Å². The van der Waals surface area contributed by atoms with Crippen molar-refractivity contribution in [2.75, 3.05) is 25.0 Å². The third-order valence-electron chi connectivity index (χ3n) is 4.47. The Hall–Kier alpha value is -3.09. The Morgan fingerprint density at radius 1 is 1.18 bits per heavy atom. The van der Waals surface area contributed by atoms with Crippen molar-refractivity contribution in [1.82, 2.24) is 19.5 Å². The van der Waals surface area contributed by atoms with Crippen LogP contribution in [0.2, 0.25) is 0 Å². The number of benzene rings is 1. The van der Waals surface area contributed by atoms with Crippen molar-refractivity contribution >= 4 is 23.2 Å². The number of amides is 1. The van der Waals surface area contributed by atoms with Gasteiger partial charge in [0.15, 0.2) is 5.65 Å². The van der Waals surface area contributed by atoms with Crippen molar-refractivity contribution in [1.29, 1.82) is 0 Å². The highest BCUT2D eigenvalue weighted by Crippen LogP contribution is 2.29. The molecule has 1 aromatic carbocycles. The Morgan fingerprint density at radius 3 is 2.68 bits per heavy atom. The number of hydrogen-bond donors (Lipinski definition) is 1. The van der Waals surface area contributed by atoms with Crippen molar-refractivity contribution in [3.63, 3.8) is 0 Å². The average molecular weight is 381 g/mol. The van der Waals surface area contributed by atoms with Crippen LogP contribution < -0.4 is 10.1 Å². The van der Waals surface area contributed by atoms with E-state index in [0.29, 0.717) is 37.0 Å². The van der Waals surface area contributed by atoms with Crippen LogP contribution in [-0.2, 0) is 0 Å². The topological polar surface area (TPSA) is 71.8 Å². The first-order valence-corrected chi connectivity index (χ1v) is 9.71. The average Bonchev–Trinajstić information content (AvgIpc) is 3.09. The molecule has 7 nitrogen and oxygen atoms in total. The van der Waals surface area contributed by atoms with Crippen LogP contribution in [0.3, 0.4) is 0 Å². The fraction of sp³-hybridized carbons (Fsp3) is 0.381. The number of aromatic nitrogens is 3. The van der Waals surface area contributed by atoms with E-state index in [1.807, 2.05) is 58.2 Å². The molecule has 0 saturated carbocycles. The zero-order valence-corrected chi connectivity index (χ0v) is 16.9. The minimum absolute atomic E-state index is 0.000714. The molecule has 0 saturated heterocycles. The smallest absolute Gasteiger partial charge is 0.253 e. The monoisotopic (exact) mass is 381 g/mol. The second-order valence-corrected chi connectivity index (χ2v) is 6.61. The zero-order valence-electron chi connectivity index (χ0n) is 16.9. The number of aryl methyl sites for hydroxylation is 1. The number of nitrogens with zero attached hydrogens (tertiary/aromatic N) is 4. The summed E-state index contributed by atoms with van der Waals surface area (Å²) in [5, 5.41) is 7.69. The van der Waals surface area contributed by atoms with Crippen molar-refractivity contribution < 1.29 is 9.53 Å². The Balaban J connectivity index is 1.90. The van der Waals surface area contributed by atoms with Crippen LogP contribution >= 0.6 is 0 Å². The summed E-state index contributed by atoms with van der Waals surface area (Å²) in [6.45, 7) is 9.91. The molecule has 0 aliphatic carbocycles. The first-order valence-electron chi connectivity index (χ1n) is 9.71. The summed E-state index contributed by atoms with van der Waals surface area (Å²) >= 11 is 0. The van der Waals surface area contributed by atoms with Crippen LogP contribution in [0.15, 0.2) is 36.5 Å². The molecule has 7 heteroatoms. The predicted molar refractivity (Wildman–Crippen MR) is 110 cm³/mol. The Morgan fingerprint density at radius 2 is 1.96 bits per heavy atom. The molecule has 3 rings (SSSR count). The van der Waals surface area contributed by atoms with Crippen LogP contribution in [-0.4, -0.2) is 45.1 Å². The van der Waals surface area contributed by atoms with E-state index >= 15 is 0 Å².